The van der Waals surface area contributed by atoms with Gasteiger partial charge in [0.1, 0.15) is 0 Å². The molecule has 3 heteroatoms. The highest BCUT2D eigenvalue weighted by Gasteiger charge is 2.11. The van der Waals surface area contributed by atoms with Crippen molar-refractivity contribution < 1.29 is 9.59 Å². The molecule has 0 N–H and O–H groups in total. The van der Waals surface area contributed by atoms with E-state index in [1.165, 1.54) is 0 Å². The first-order chi connectivity index (χ1) is 7.24. The van der Waals surface area contributed by atoms with Crippen LogP contribution in [0.3, 0.4) is 0 Å². The third kappa shape index (κ3) is 4.30. The van der Waals surface area contributed by atoms with E-state index in [4.69, 9.17) is 0 Å². The fourth-order valence-electron chi connectivity index (χ4n) is 1.11. The van der Waals surface area contributed by atoms with Gasteiger partial charge in [-0.2, -0.15) is 0 Å². The Hall–Kier alpha value is -1.09. The Balaban J connectivity index is 2.46. The van der Waals surface area contributed by atoms with Gasteiger partial charge < -0.3 is 0 Å². The number of thioether (sulfide) groups is 1. The molecule has 0 bridgehead atoms. The molecule has 2 nitrogen and oxygen atoms in total. The first kappa shape index (κ1) is 12.0. The van der Waals surface area contributed by atoms with Crippen LogP contribution in [0.5, 0.6) is 0 Å². The maximum atomic E-state index is 11.6. The Bertz CT molecular complexity index is 333. The van der Waals surface area contributed by atoms with Gasteiger partial charge in [-0.15, -0.1) is 0 Å². The molecule has 0 aliphatic rings. The standard InChI is InChI=1S/C12H14O2S/c1-2-3-9-11(13)15-12(14)10-7-5-4-6-8-10/h4-8H,2-3,9H2,1H3. The molecule has 0 aromatic heterocycles. The maximum absolute atomic E-state index is 11.6. The van der Waals surface area contributed by atoms with Gasteiger partial charge in [-0.25, -0.2) is 0 Å². The number of benzene rings is 1. The van der Waals surface area contributed by atoms with Crippen molar-refractivity contribution in [1.29, 1.82) is 0 Å². The van der Waals surface area contributed by atoms with E-state index < -0.39 is 0 Å². The molecule has 0 radical (unpaired) electrons. The van der Waals surface area contributed by atoms with Crippen LogP contribution in [0.2, 0.25) is 0 Å². The highest BCUT2D eigenvalue weighted by Crippen LogP contribution is 2.15. The quantitative estimate of drug-likeness (QED) is 0.784. The van der Waals surface area contributed by atoms with Crippen molar-refractivity contribution >= 4 is 22.0 Å². The number of unbranched alkanes of at least 4 members (excludes halogenated alkanes) is 1. The monoisotopic (exact) mass is 222 g/mol. The van der Waals surface area contributed by atoms with Crippen molar-refractivity contribution in [3.63, 3.8) is 0 Å². The summed E-state index contributed by atoms with van der Waals surface area (Å²) in [5, 5.41) is -0.192. The summed E-state index contributed by atoms with van der Waals surface area (Å²) in [4.78, 5) is 22.9. The lowest BCUT2D eigenvalue weighted by Gasteiger charge is -1.99. The van der Waals surface area contributed by atoms with Crippen molar-refractivity contribution in [2.24, 2.45) is 0 Å². The van der Waals surface area contributed by atoms with E-state index in [1.54, 1.807) is 24.3 Å². The topological polar surface area (TPSA) is 34.1 Å². The van der Waals surface area contributed by atoms with E-state index in [0.29, 0.717) is 12.0 Å². The SMILES string of the molecule is CCCCC(=O)SC(=O)c1ccccc1. The number of carbonyl (C=O) groups is 2. The third-order valence-electron chi connectivity index (χ3n) is 1.95. The van der Waals surface area contributed by atoms with Gasteiger partial charge in [0.25, 0.3) is 0 Å². The average Bonchev–Trinajstić information content (AvgIpc) is 2.27. The molecule has 1 aromatic carbocycles. The molecule has 80 valence electrons. The summed E-state index contributed by atoms with van der Waals surface area (Å²) in [6.45, 7) is 2.02. The van der Waals surface area contributed by atoms with Crippen LogP contribution in [-0.4, -0.2) is 10.2 Å². The lowest BCUT2D eigenvalue weighted by molar-refractivity contribution is -0.111. The molecule has 15 heavy (non-hydrogen) atoms. The first-order valence-corrected chi connectivity index (χ1v) is 5.85. The summed E-state index contributed by atoms with van der Waals surface area (Å²) in [6.07, 6.45) is 2.32. The highest BCUT2D eigenvalue weighted by atomic mass is 32.2. The molecule has 0 heterocycles. The summed E-state index contributed by atoms with van der Waals surface area (Å²) in [6, 6.07) is 8.89. The molecule has 0 spiro atoms. The normalized spacial score (nSPS) is 9.93. The minimum atomic E-state index is -0.156. The van der Waals surface area contributed by atoms with E-state index in [1.807, 2.05) is 13.0 Å². The molecule has 1 aromatic rings. The van der Waals surface area contributed by atoms with Gasteiger partial charge in [-0.1, -0.05) is 43.7 Å². The van der Waals surface area contributed by atoms with Crippen molar-refractivity contribution in [3.8, 4) is 0 Å². The van der Waals surface area contributed by atoms with Gasteiger partial charge in [0.2, 0.25) is 5.12 Å². The Kier molecular flexibility index (Phi) is 5.12. The van der Waals surface area contributed by atoms with Gasteiger partial charge in [0.05, 0.1) is 0 Å². The molecule has 0 saturated heterocycles. The first-order valence-electron chi connectivity index (χ1n) is 5.04. The second-order valence-corrected chi connectivity index (χ2v) is 4.26. The number of rotatable bonds is 4. The van der Waals surface area contributed by atoms with Gasteiger partial charge in [0.15, 0.2) is 5.12 Å². The predicted octanol–water partition coefficient (Wildman–Crippen LogP) is 3.28. The van der Waals surface area contributed by atoms with Crippen LogP contribution in [0.15, 0.2) is 30.3 Å². The second kappa shape index (κ2) is 6.40. The minimum Gasteiger partial charge on any atom is -0.287 e. The van der Waals surface area contributed by atoms with E-state index in [9.17, 15) is 9.59 Å². The maximum Gasteiger partial charge on any atom is 0.226 e. The minimum absolute atomic E-state index is 0.0364. The number of carbonyl (C=O) groups excluding carboxylic acids is 2. The van der Waals surface area contributed by atoms with E-state index in [0.717, 1.165) is 24.6 Å². The van der Waals surface area contributed by atoms with E-state index in [2.05, 4.69) is 0 Å². The zero-order valence-electron chi connectivity index (χ0n) is 8.73. The van der Waals surface area contributed by atoms with Crippen molar-refractivity contribution in [2.75, 3.05) is 0 Å². The molecular formula is C12H14O2S. The fourth-order valence-corrected chi connectivity index (χ4v) is 1.82. The summed E-state index contributed by atoms with van der Waals surface area (Å²) in [5.41, 5.74) is 0.590. The highest BCUT2D eigenvalue weighted by molar-refractivity contribution is 8.26. The summed E-state index contributed by atoms with van der Waals surface area (Å²) in [7, 11) is 0. The van der Waals surface area contributed by atoms with Gasteiger partial charge >= 0.3 is 0 Å². The van der Waals surface area contributed by atoms with Crippen LogP contribution in [-0.2, 0) is 4.79 Å². The third-order valence-corrected chi connectivity index (χ3v) is 2.80. The Morgan fingerprint density at radius 3 is 2.47 bits per heavy atom. The van der Waals surface area contributed by atoms with Crippen LogP contribution in [0.25, 0.3) is 0 Å². The molecule has 0 unspecified atom stereocenters. The zero-order valence-corrected chi connectivity index (χ0v) is 9.55. The van der Waals surface area contributed by atoms with Crippen LogP contribution in [0.4, 0.5) is 0 Å². The Morgan fingerprint density at radius 1 is 1.20 bits per heavy atom. The predicted molar refractivity (Wildman–Crippen MR) is 62.9 cm³/mol. The number of hydrogen-bond donors (Lipinski definition) is 0. The molecule has 0 fully saturated rings. The number of hydrogen-bond acceptors (Lipinski definition) is 3. The summed E-state index contributed by atoms with van der Waals surface area (Å²) in [5.74, 6) is 0. The molecule has 0 atom stereocenters. The average molecular weight is 222 g/mol. The lowest BCUT2D eigenvalue weighted by Crippen LogP contribution is -1.99. The van der Waals surface area contributed by atoms with Crippen molar-refractivity contribution in [1.82, 2.24) is 0 Å². The largest absolute Gasteiger partial charge is 0.287 e. The summed E-state index contributed by atoms with van der Waals surface area (Å²) >= 11 is 0.815. The van der Waals surface area contributed by atoms with Crippen LogP contribution < -0.4 is 0 Å². The van der Waals surface area contributed by atoms with Crippen LogP contribution in [0, 0.1) is 0 Å². The Labute approximate surface area is 94.1 Å². The van der Waals surface area contributed by atoms with E-state index in [-0.39, 0.29) is 10.2 Å². The molecule has 0 saturated carbocycles. The van der Waals surface area contributed by atoms with Crippen molar-refractivity contribution in [3.05, 3.63) is 35.9 Å². The van der Waals surface area contributed by atoms with Gasteiger partial charge in [-0.3, -0.25) is 9.59 Å². The Morgan fingerprint density at radius 2 is 1.87 bits per heavy atom. The van der Waals surface area contributed by atoms with E-state index >= 15 is 0 Å². The van der Waals surface area contributed by atoms with Gasteiger partial charge in [-0.05, 0) is 18.2 Å². The van der Waals surface area contributed by atoms with Crippen LogP contribution >= 0.6 is 11.8 Å². The molecule has 0 amide bonds. The fraction of sp³-hybridized carbons (Fsp3) is 0.333. The zero-order chi connectivity index (χ0) is 11.1. The van der Waals surface area contributed by atoms with Crippen LogP contribution in [0.1, 0.15) is 36.5 Å². The van der Waals surface area contributed by atoms with Gasteiger partial charge in [0, 0.05) is 12.0 Å². The molecular weight excluding hydrogens is 208 g/mol. The smallest absolute Gasteiger partial charge is 0.226 e. The molecule has 1 rings (SSSR count). The second-order valence-electron chi connectivity index (χ2n) is 3.23. The molecule has 0 aliphatic carbocycles. The van der Waals surface area contributed by atoms with Crippen molar-refractivity contribution in [2.45, 2.75) is 26.2 Å². The lowest BCUT2D eigenvalue weighted by atomic mass is 10.2. The molecule has 0 aliphatic heterocycles. The summed E-state index contributed by atoms with van der Waals surface area (Å²) < 4.78 is 0.